The number of cyclic esters (lactones) is 1. The number of amides is 2. The second-order valence-electron chi connectivity index (χ2n) is 6.18. The van der Waals surface area contributed by atoms with Crippen molar-refractivity contribution < 1.29 is 14.3 Å². The molecule has 0 aliphatic carbocycles. The van der Waals surface area contributed by atoms with Gasteiger partial charge in [0, 0.05) is 22.8 Å². The van der Waals surface area contributed by atoms with Gasteiger partial charge in [0.1, 0.15) is 6.61 Å². The fourth-order valence-corrected chi connectivity index (χ4v) is 3.24. The molecule has 26 heavy (non-hydrogen) atoms. The number of likely N-dealkylation sites (N-methyl/N-ethyl adjacent to an activating group) is 1. The first-order valence-corrected chi connectivity index (χ1v) is 8.90. The highest BCUT2D eigenvalue weighted by atomic mass is 35.5. The number of hydrogen-bond donors (Lipinski definition) is 1. The number of carbonyl (C=O) groups is 2. The molecule has 0 radical (unpaired) electrons. The van der Waals surface area contributed by atoms with Gasteiger partial charge in [-0.05, 0) is 41.8 Å². The molecule has 2 aromatic rings. The Hall–Kier alpha value is -2.24. The molecule has 7 heteroatoms. The summed E-state index contributed by atoms with van der Waals surface area (Å²) in [6, 6.07) is 12.8. The molecule has 0 saturated carbocycles. The summed E-state index contributed by atoms with van der Waals surface area (Å²) in [5.41, 5.74) is 2.59. The van der Waals surface area contributed by atoms with Gasteiger partial charge in [0.25, 0.3) is 0 Å². The second kappa shape index (κ2) is 7.98. The van der Waals surface area contributed by atoms with Crippen LogP contribution in [0.1, 0.15) is 11.1 Å². The van der Waals surface area contributed by atoms with Gasteiger partial charge in [-0.15, -0.1) is 0 Å². The van der Waals surface area contributed by atoms with Crippen molar-refractivity contribution in [2.75, 3.05) is 18.6 Å². The average molecular weight is 393 g/mol. The second-order valence-corrected chi connectivity index (χ2v) is 7.02. The Morgan fingerprint density at radius 2 is 1.96 bits per heavy atom. The topological polar surface area (TPSA) is 58.6 Å². The molecule has 1 N–H and O–H groups in total. The Labute approximate surface area is 161 Å². The molecule has 5 nitrogen and oxygen atoms in total. The summed E-state index contributed by atoms with van der Waals surface area (Å²) in [4.78, 5) is 25.2. The van der Waals surface area contributed by atoms with E-state index in [1.165, 1.54) is 0 Å². The van der Waals surface area contributed by atoms with E-state index in [-0.39, 0.29) is 24.5 Å². The van der Waals surface area contributed by atoms with Crippen molar-refractivity contribution in [1.82, 2.24) is 5.32 Å². The van der Waals surface area contributed by atoms with Crippen molar-refractivity contribution >= 4 is 40.9 Å². The lowest BCUT2D eigenvalue weighted by atomic mass is 10.1. The van der Waals surface area contributed by atoms with Crippen LogP contribution in [0.15, 0.2) is 42.5 Å². The van der Waals surface area contributed by atoms with E-state index in [1.807, 2.05) is 24.3 Å². The summed E-state index contributed by atoms with van der Waals surface area (Å²) in [5.74, 6) is -0.0709. The van der Waals surface area contributed by atoms with Gasteiger partial charge in [0.15, 0.2) is 0 Å². The Morgan fingerprint density at radius 1 is 1.23 bits per heavy atom. The van der Waals surface area contributed by atoms with Gasteiger partial charge in [-0.25, -0.2) is 4.79 Å². The fraction of sp³-hybridized carbons (Fsp3) is 0.263. The fourth-order valence-electron chi connectivity index (χ4n) is 2.77. The Kier molecular flexibility index (Phi) is 5.69. The smallest absolute Gasteiger partial charge is 0.407 e. The molecule has 1 saturated heterocycles. The SMILES string of the molecule is CN(C(=O)Cc1ccc(Cl)cc1Cl)c1ccc(C[C@H]2COC(=O)N2)cc1. The zero-order valence-corrected chi connectivity index (χ0v) is 15.7. The molecule has 1 fully saturated rings. The standard InChI is InChI=1S/C19H18Cl2N2O3/c1-23(18(24)9-13-4-5-14(20)10-17(13)21)16-6-2-12(3-7-16)8-15-11-26-19(25)22-15/h2-7,10,15H,8-9,11H2,1H3,(H,22,25)/t15-/m0/s1. The molecule has 1 heterocycles. The van der Waals surface area contributed by atoms with Gasteiger partial charge >= 0.3 is 6.09 Å². The third-order valence-electron chi connectivity index (χ3n) is 4.27. The number of carbonyl (C=O) groups excluding carboxylic acids is 2. The normalized spacial score (nSPS) is 16.1. The minimum Gasteiger partial charge on any atom is -0.447 e. The van der Waals surface area contributed by atoms with Crippen molar-refractivity contribution in [2.45, 2.75) is 18.9 Å². The predicted octanol–water partition coefficient (Wildman–Crippen LogP) is 3.85. The van der Waals surface area contributed by atoms with Crippen molar-refractivity contribution in [3.8, 4) is 0 Å². The van der Waals surface area contributed by atoms with Crippen LogP contribution in [0, 0.1) is 0 Å². The highest BCUT2D eigenvalue weighted by molar-refractivity contribution is 6.35. The zero-order chi connectivity index (χ0) is 18.7. The number of anilines is 1. The van der Waals surface area contributed by atoms with Crippen LogP contribution in [0.4, 0.5) is 10.5 Å². The Morgan fingerprint density at radius 3 is 2.58 bits per heavy atom. The molecule has 0 unspecified atom stereocenters. The van der Waals surface area contributed by atoms with Crippen LogP contribution in [-0.2, 0) is 22.4 Å². The molecule has 2 aromatic carbocycles. The van der Waals surface area contributed by atoms with Crippen LogP contribution in [0.25, 0.3) is 0 Å². The van der Waals surface area contributed by atoms with Gasteiger partial charge in [0.05, 0.1) is 12.5 Å². The molecule has 1 atom stereocenters. The lowest BCUT2D eigenvalue weighted by Gasteiger charge is -2.18. The minimum absolute atomic E-state index is 0.0141. The predicted molar refractivity (Wildman–Crippen MR) is 102 cm³/mol. The van der Waals surface area contributed by atoms with E-state index >= 15 is 0 Å². The molecular formula is C19H18Cl2N2O3. The van der Waals surface area contributed by atoms with Crippen LogP contribution in [0.2, 0.25) is 10.0 Å². The highest BCUT2D eigenvalue weighted by Crippen LogP contribution is 2.23. The number of benzene rings is 2. The lowest BCUT2D eigenvalue weighted by Crippen LogP contribution is -2.29. The number of rotatable bonds is 5. The van der Waals surface area contributed by atoms with Crippen LogP contribution >= 0.6 is 23.2 Å². The first kappa shape index (κ1) is 18.5. The molecule has 2 amide bonds. The van der Waals surface area contributed by atoms with Crippen LogP contribution < -0.4 is 10.2 Å². The quantitative estimate of drug-likeness (QED) is 0.840. The van der Waals surface area contributed by atoms with Gasteiger partial charge in [0.2, 0.25) is 5.91 Å². The van der Waals surface area contributed by atoms with Gasteiger partial charge in [-0.3, -0.25) is 4.79 Å². The molecular weight excluding hydrogens is 375 g/mol. The largest absolute Gasteiger partial charge is 0.447 e. The summed E-state index contributed by atoms with van der Waals surface area (Å²) in [5, 5.41) is 3.77. The Bertz CT molecular complexity index is 824. The third kappa shape index (κ3) is 4.48. The van der Waals surface area contributed by atoms with Gasteiger partial charge in [-0.2, -0.15) is 0 Å². The van der Waals surface area contributed by atoms with E-state index in [2.05, 4.69) is 5.32 Å². The van der Waals surface area contributed by atoms with Crippen LogP contribution in [-0.4, -0.2) is 31.7 Å². The molecule has 1 aliphatic heterocycles. The van der Waals surface area contributed by atoms with E-state index in [9.17, 15) is 9.59 Å². The third-order valence-corrected chi connectivity index (χ3v) is 4.86. The van der Waals surface area contributed by atoms with Crippen molar-refractivity contribution in [2.24, 2.45) is 0 Å². The summed E-state index contributed by atoms with van der Waals surface area (Å²) < 4.78 is 4.88. The summed E-state index contributed by atoms with van der Waals surface area (Å²) in [6.45, 7) is 0.376. The van der Waals surface area contributed by atoms with E-state index in [0.29, 0.717) is 23.1 Å². The summed E-state index contributed by atoms with van der Waals surface area (Å²) in [6.07, 6.45) is 0.502. The van der Waals surface area contributed by atoms with Crippen LogP contribution in [0.5, 0.6) is 0 Å². The van der Waals surface area contributed by atoms with Crippen molar-refractivity contribution in [3.05, 3.63) is 63.6 Å². The monoisotopic (exact) mass is 392 g/mol. The zero-order valence-electron chi connectivity index (χ0n) is 14.2. The van der Waals surface area contributed by atoms with E-state index in [1.54, 1.807) is 30.1 Å². The minimum atomic E-state index is -0.377. The van der Waals surface area contributed by atoms with E-state index in [4.69, 9.17) is 27.9 Å². The van der Waals surface area contributed by atoms with Gasteiger partial charge in [-0.1, -0.05) is 41.4 Å². The first-order chi connectivity index (χ1) is 12.4. The maximum absolute atomic E-state index is 12.5. The van der Waals surface area contributed by atoms with Crippen molar-refractivity contribution in [3.63, 3.8) is 0 Å². The number of hydrogen-bond acceptors (Lipinski definition) is 3. The number of nitrogens with zero attached hydrogens (tertiary/aromatic N) is 1. The molecule has 136 valence electrons. The Balaban J connectivity index is 1.62. The van der Waals surface area contributed by atoms with Crippen LogP contribution in [0.3, 0.4) is 0 Å². The molecule has 1 aliphatic rings. The molecule has 0 aromatic heterocycles. The van der Waals surface area contributed by atoms with E-state index in [0.717, 1.165) is 16.8 Å². The summed E-state index contributed by atoms with van der Waals surface area (Å²) in [7, 11) is 1.73. The maximum Gasteiger partial charge on any atom is 0.407 e. The maximum atomic E-state index is 12.5. The molecule has 0 spiro atoms. The molecule has 0 bridgehead atoms. The number of nitrogens with one attached hydrogen (secondary N) is 1. The average Bonchev–Trinajstić information content (AvgIpc) is 3.02. The lowest BCUT2D eigenvalue weighted by molar-refractivity contribution is -0.117. The highest BCUT2D eigenvalue weighted by Gasteiger charge is 2.22. The first-order valence-electron chi connectivity index (χ1n) is 8.15. The van der Waals surface area contributed by atoms with Crippen molar-refractivity contribution in [1.29, 1.82) is 0 Å². The molecule has 3 rings (SSSR count). The number of ether oxygens (including phenoxy) is 1. The summed E-state index contributed by atoms with van der Waals surface area (Å²) >= 11 is 12.0. The number of halogens is 2. The number of alkyl carbamates (subject to hydrolysis) is 1. The van der Waals surface area contributed by atoms with Gasteiger partial charge < -0.3 is 15.0 Å². The van der Waals surface area contributed by atoms with E-state index < -0.39 is 0 Å².